The number of ether oxygens (including phenoxy) is 4. The van der Waals surface area contributed by atoms with Gasteiger partial charge >= 0.3 is 0 Å². The lowest BCUT2D eigenvalue weighted by molar-refractivity contribution is 0.0553. The maximum atomic E-state index is 13.5. The van der Waals surface area contributed by atoms with E-state index in [1.807, 2.05) is 19.9 Å². The number of ketones is 1. The monoisotopic (exact) mass is 397 g/mol. The topological polar surface area (TPSA) is 76.9 Å². The van der Waals surface area contributed by atoms with Gasteiger partial charge < -0.3 is 24.1 Å². The zero-order chi connectivity index (χ0) is 20.7. The summed E-state index contributed by atoms with van der Waals surface area (Å²) < 4.78 is 22.9. The second-order valence-electron chi connectivity index (χ2n) is 7.51. The van der Waals surface area contributed by atoms with Crippen LogP contribution in [0.1, 0.15) is 41.3 Å². The zero-order valence-corrected chi connectivity index (χ0v) is 17.0. The van der Waals surface area contributed by atoms with Crippen LogP contribution in [0, 0.1) is 0 Å². The number of hydrogen-bond acceptors (Lipinski definition) is 5. The van der Waals surface area contributed by atoms with E-state index in [1.165, 1.54) is 0 Å². The predicted octanol–water partition coefficient (Wildman–Crippen LogP) is 3.77. The van der Waals surface area contributed by atoms with Crippen LogP contribution in [-0.4, -0.2) is 37.8 Å². The summed E-state index contributed by atoms with van der Waals surface area (Å²) in [6.07, 6.45) is 2.14. The maximum Gasteiger partial charge on any atom is 0.261 e. The number of benzene rings is 2. The standard InChI is InChI=1S/C23H24O6/c1-12(2)5-6-13-16(24)8-7-14-22(25)21-15-9-18(26-3)19(27-4)10-17(15)28-11-20(21)29-23(13)14/h5,7-10,20-21,24H,6,11H2,1-4H3/p+1/t20-,21+/m1/s1. The van der Waals surface area contributed by atoms with Gasteiger partial charge in [0.25, 0.3) is 5.75 Å². The van der Waals surface area contributed by atoms with Gasteiger partial charge in [-0.15, -0.1) is 0 Å². The molecule has 0 bridgehead atoms. The van der Waals surface area contributed by atoms with E-state index in [4.69, 9.17) is 24.1 Å². The van der Waals surface area contributed by atoms with Crippen molar-refractivity contribution in [2.24, 2.45) is 0 Å². The molecule has 4 rings (SSSR count). The van der Waals surface area contributed by atoms with Gasteiger partial charge in [-0.3, -0.25) is 4.79 Å². The number of carbonyl (C=O) groups excluding carboxylic acids is 1. The van der Waals surface area contributed by atoms with Crippen molar-refractivity contribution in [3.63, 3.8) is 0 Å². The number of hydrogen-bond donors (Lipinski definition) is 0. The van der Waals surface area contributed by atoms with Crippen LogP contribution in [0.5, 0.6) is 28.7 Å². The third kappa shape index (κ3) is 3.18. The molecule has 0 saturated carbocycles. The SMILES string of the molecule is COc1cc2c(cc1OC)[C@@H]1C(=O)c3ccc([OH2+])c(CC=C(C)C)c3O[C@@H]1CO2. The summed E-state index contributed by atoms with van der Waals surface area (Å²) in [6.45, 7) is 4.27. The smallest absolute Gasteiger partial charge is 0.261 e. The van der Waals surface area contributed by atoms with E-state index in [1.54, 1.807) is 38.5 Å². The number of Topliss-reactive ketones (excluding diaryl/α,β-unsaturated/α-hetero) is 1. The van der Waals surface area contributed by atoms with Crippen LogP contribution in [0.4, 0.5) is 0 Å². The summed E-state index contributed by atoms with van der Waals surface area (Å²) in [4.78, 5) is 13.5. The van der Waals surface area contributed by atoms with E-state index in [-0.39, 0.29) is 12.4 Å². The predicted molar refractivity (Wildman–Crippen MR) is 109 cm³/mol. The Morgan fingerprint density at radius 2 is 1.93 bits per heavy atom. The molecule has 2 atom stereocenters. The molecule has 0 unspecified atom stereocenters. The van der Waals surface area contributed by atoms with Crippen LogP contribution in [0.3, 0.4) is 0 Å². The van der Waals surface area contributed by atoms with Crippen LogP contribution >= 0.6 is 0 Å². The molecule has 2 heterocycles. The molecular weight excluding hydrogens is 372 g/mol. The molecule has 2 aliphatic heterocycles. The summed E-state index contributed by atoms with van der Waals surface area (Å²) in [5, 5.41) is 8.29. The fourth-order valence-corrected chi connectivity index (χ4v) is 3.91. The molecule has 152 valence electrons. The van der Waals surface area contributed by atoms with Crippen LogP contribution in [0.25, 0.3) is 0 Å². The normalized spacial score (nSPS) is 19.1. The quantitative estimate of drug-likeness (QED) is 0.580. The molecule has 6 nitrogen and oxygen atoms in total. The minimum atomic E-state index is -0.487. The van der Waals surface area contributed by atoms with Crippen molar-refractivity contribution in [1.82, 2.24) is 0 Å². The molecule has 6 heteroatoms. The van der Waals surface area contributed by atoms with Gasteiger partial charge in [0, 0.05) is 24.1 Å². The molecule has 0 aliphatic carbocycles. The molecule has 0 fully saturated rings. The Labute approximate surface area is 169 Å². The van der Waals surface area contributed by atoms with Gasteiger partial charge in [0.2, 0.25) is 0 Å². The van der Waals surface area contributed by atoms with Gasteiger partial charge in [-0.05, 0) is 26.0 Å². The van der Waals surface area contributed by atoms with E-state index in [9.17, 15) is 4.79 Å². The van der Waals surface area contributed by atoms with Crippen molar-refractivity contribution in [2.45, 2.75) is 32.3 Å². The van der Waals surface area contributed by atoms with Crippen molar-refractivity contribution < 1.29 is 28.8 Å². The van der Waals surface area contributed by atoms with Crippen LogP contribution in [-0.2, 0) is 6.42 Å². The average Bonchev–Trinajstić information content (AvgIpc) is 2.71. The molecule has 2 aromatic carbocycles. The third-order valence-electron chi connectivity index (χ3n) is 5.42. The molecule has 0 saturated heterocycles. The molecule has 0 radical (unpaired) electrons. The Hall–Kier alpha value is -3.15. The first-order chi connectivity index (χ1) is 13.9. The minimum absolute atomic E-state index is 0.0218. The lowest BCUT2D eigenvalue weighted by Gasteiger charge is -2.37. The number of carbonyl (C=O) groups is 1. The molecule has 0 amide bonds. The minimum Gasteiger partial charge on any atom is -0.593 e. The Morgan fingerprint density at radius 3 is 2.62 bits per heavy atom. The maximum absolute atomic E-state index is 13.5. The Morgan fingerprint density at radius 1 is 1.21 bits per heavy atom. The molecule has 0 spiro atoms. The summed E-state index contributed by atoms with van der Waals surface area (Å²) in [7, 11) is 3.12. The van der Waals surface area contributed by atoms with Crippen molar-refractivity contribution in [3.05, 3.63) is 52.6 Å². The second-order valence-corrected chi connectivity index (χ2v) is 7.51. The second kappa shape index (κ2) is 7.35. The number of allylic oxidation sites excluding steroid dienone is 2. The summed E-state index contributed by atoms with van der Waals surface area (Å²) in [5.74, 6) is 2.07. The first-order valence-corrected chi connectivity index (χ1v) is 9.55. The molecule has 2 N–H and O–H groups in total. The van der Waals surface area contributed by atoms with E-state index < -0.39 is 12.0 Å². The first kappa shape index (κ1) is 19.2. The Kier molecular flexibility index (Phi) is 4.86. The highest BCUT2D eigenvalue weighted by molar-refractivity contribution is 6.05. The van der Waals surface area contributed by atoms with Gasteiger partial charge in [0.05, 0.1) is 31.3 Å². The van der Waals surface area contributed by atoms with Gasteiger partial charge in [-0.25, -0.2) is 0 Å². The van der Waals surface area contributed by atoms with Gasteiger partial charge in [-0.2, -0.15) is 0 Å². The zero-order valence-electron chi connectivity index (χ0n) is 17.0. The largest absolute Gasteiger partial charge is 0.593 e. The van der Waals surface area contributed by atoms with Crippen molar-refractivity contribution >= 4 is 5.78 Å². The summed E-state index contributed by atoms with van der Waals surface area (Å²) in [5.41, 5.74) is 3.13. The van der Waals surface area contributed by atoms with Crippen LogP contribution in [0.2, 0.25) is 0 Å². The van der Waals surface area contributed by atoms with E-state index >= 15 is 0 Å². The van der Waals surface area contributed by atoms with Crippen molar-refractivity contribution in [2.75, 3.05) is 20.8 Å². The van der Waals surface area contributed by atoms with Crippen molar-refractivity contribution in [3.8, 4) is 28.7 Å². The highest BCUT2D eigenvalue weighted by Gasteiger charge is 2.44. The summed E-state index contributed by atoms with van der Waals surface area (Å²) in [6, 6.07) is 6.90. The average molecular weight is 397 g/mol. The fourth-order valence-electron chi connectivity index (χ4n) is 3.91. The highest BCUT2D eigenvalue weighted by Crippen LogP contribution is 2.48. The van der Waals surface area contributed by atoms with Gasteiger partial charge in [0.1, 0.15) is 24.2 Å². The van der Waals surface area contributed by atoms with Crippen LogP contribution < -0.4 is 18.9 Å². The molecular formula is C23H25O6+. The van der Waals surface area contributed by atoms with Gasteiger partial charge in [0.15, 0.2) is 17.3 Å². The van der Waals surface area contributed by atoms with E-state index in [2.05, 4.69) is 0 Å². The third-order valence-corrected chi connectivity index (χ3v) is 5.42. The molecule has 2 aromatic rings. The highest BCUT2D eigenvalue weighted by atomic mass is 16.5. The number of rotatable bonds is 4. The lowest BCUT2D eigenvalue weighted by Crippen LogP contribution is -2.43. The van der Waals surface area contributed by atoms with Gasteiger partial charge in [-0.1, -0.05) is 11.6 Å². The number of fused-ring (bicyclic) bond motifs is 4. The summed E-state index contributed by atoms with van der Waals surface area (Å²) >= 11 is 0. The van der Waals surface area contributed by atoms with Crippen molar-refractivity contribution in [1.29, 1.82) is 0 Å². The Bertz CT molecular complexity index is 1000. The van der Waals surface area contributed by atoms with Crippen LogP contribution in [0.15, 0.2) is 35.9 Å². The van der Waals surface area contributed by atoms with E-state index in [0.717, 1.165) is 16.7 Å². The molecule has 2 aliphatic rings. The number of methoxy groups -OCH3 is 2. The first-order valence-electron chi connectivity index (χ1n) is 9.55. The lowest BCUT2D eigenvalue weighted by atomic mass is 9.81. The fraction of sp³-hybridized carbons (Fsp3) is 0.348. The molecule has 0 aromatic heterocycles. The van der Waals surface area contributed by atoms with E-state index in [0.29, 0.717) is 40.7 Å². The molecule has 29 heavy (non-hydrogen) atoms. The Balaban J connectivity index is 1.80.